The summed E-state index contributed by atoms with van der Waals surface area (Å²) >= 11 is 5.97. The van der Waals surface area contributed by atoms with Crippen molar-refractivity contribution in [2.45, 2.75) is 18.9 Å². The lowest BCUT2D eigenvalue weighted by atomic mass is 10.1. The number of amides is 1. The number of nitrogens with zero attached hydrogens (tertiary/aromatic N) is 2. The molecule has 3 rings (SSSR count). The van der Waals surface area contributed by atoms with Crippen LogP contribution in [0.2, 0.25) is 5.02 Å². The van der Waals surface area contributed by atoms with Gasteiger partial charge in [0.1, 0.15) is 5.82 Å². The summed E-state index contributed by atoms with van der Waals surface area (Å²) in [7, 11) is 2.13. The Hall–Kier alpha value is -2.11. The minimum atomic E-state index is -0.194. The number of carbonyl (C=O) groups excluding carboxylic acids is 1. The number of hydrogen-bond acceptors (Lipinski definition) is 4. The number of likely N-dealkylation sites (tertiary alicyclic amines) is 1. The summed E-state index contributed by atoms with van der Waals surface area (Å²) in [4.78, 5) is 19.3. The van der Waals surface area contributed by atoms with Gasteiger partial charge in [0.15, 0.2) is 0 Å². The van der Waals surface area contributed by atoms with Gasteiger partial charge in [0.2, 0.25) is 0 Å². The van der Waals surface area contributed by atoms with Crippen LogP contribution in [0, 0.1) is 0 Å². The number of piperidine rings is 1. The summed E-state index contributed by atoms with van der Waals surface area (Å²) in [5, 5.41) is 6.88. The molecule has 6 heteroatoms. The number of nitrogens with one attached hydrogen (secondary N) is 2. The first-order valence-electron chi connectivity index (χ1n) is 8.09. The second-order valence-corrected chi connectivity index (χ2v) is 6.52. The molecule has 1 aromatic carbocycles. The predicted molar refractivity (Wildman–Crippen MR) is 97.8 cm³/mol. The SMILES string of the molecule is CN1CCC(Nc2ncccc2C(=O)Nc2cccc(Cl)c2)CC1. The van der Waals surface area contributed by atoms with Crippen LogP contribution in [0.15, 0.2) is 42.6 Å². The van der Waals surface area contributed by atoms with Crippen molar-refractivity contribution >= 4 is 29.0 Å². The van der Waals surface area contributed by atoms with Gasteiger partial charge < -0.3 is 15.5 Å². The van der Waals surface area contributed by atoms with Crippen molar-refractivity contribution in [3.05, 3.63) is 53.2 Å². The third kappa shape index (κ3) is 4.24. The molecule has 24 heavy (non-hydrogen) atoms. The second kappa shape index (κ2) is 7.64. The van der Waals surface area contributed by atoms with E-state index in [-0.39, 0.29) is 5.91 Å². The quantitative estimate of drug-likeness (QED) is 0.891. The van der Waals surface area contributed by atoms with Crippen LogP contribution in [0.25, 0.3) is 0 Å². The minimum Gasteiger partial charge on any atom is -0.367 e. The molecule has 2 aromatic rings. The van der Waals surface area contributed by atoms with Crippen LogP contribution in [-0.4, -0.2) is 42.0 Å². The van der Waals surface area contributed by atoms with Crippen molar-refractivity contribution in [1.82, 2.24) is 9.88 Å². The molecule has 0 atom stereocenters. The zero-order chi connectivity index (χ0) is 16.9. The molecule has 1 aromatic heterocycles. The number of rotatable bonds is 4. The minimum absolute atomic E-state index is 0.194. The molecule has 1 fully saturated rings. The molecule has 1 saturated heterocycles. The first kappa shape index (κ1) is 16.7. The van der Waals surface area contributed by atoms with Crippen LogP contribution >= 0.6 is 11.6 Å². The Labute approximate surface area is 147 Å². The average Bonchev–Trinajstić information content (AvgIpc) is 2.57. The van der Waals surface area contributed by atoms with Crippen molar-refractivity contribution in [2.24, 2.45) is 0 Å². The molecule has 0 aliphatic carbocycles. The van der Waals surface area contributed by atoms with E-state index in [0.717, 1.165) is 25.9 Å². The molecule has 0 bridgehead atoms. The van der Waals surface area contributed by atoms with Gasteiger partial charge in [0, 0.05) is 22.9 Å². The Bertz CT molecular complexity index is 714. The highest BCUT2D eigenvalue weighted by molar-refractivity contribution is 6.31. The number of aromatic nitrogens is 1. The van der Waals surface area contributed by atoms with E-state index in [1.165, 1.54) is 0 Å². The Balaban J connectivity index is 1.72. The number of hydrogen-bond donors (Lipinski definition) is 2. The first-order valence-corrected chi connectivity index (χ1v) is 8.46. The normalized spacial score (nSPS) is 15.9. The third-order valence-electron chi connectivity index (χ3n) is 4.19. The van der Waals surface area contributed by atoms with Crippen LogP contribution in [0.5, 0.6) is 0 Å². The predicted octanol–water partition coefficient (Wildman–Crippen LogP) is 3.49. The van der Waals surface area contributed by atoms with E-state index >= 15 is 0 Å². The Morgan fingerprint density at radius 1 is 1.25 bits per heavy atom. The number of halogens is 1. The molecule has 0 unspecified atom stereocenters. The molecular formula is C18H21ClN4O. The average molecular weight is 345 g/mol. The lowest BCUT2D eigenvalue weighted by Gasteiger charge is -2.30. The molecular weight excluding hydrogens is 324 g/mol. The van der Waals surface area contributed by atoms with Crippen molar-refractivity contribution < 1.29 is 4.79 Å². The number of carbonyl (C=O) groups is 1. The van der Waals surface area contributed by atoms with Crippen molar-refractivity contribution in [3.8, 4) is 0 Å². The Morgan fingerprint density at radius 3 is 2.79 bits per heavy atom. The smallest absolute Gasteiger partial charge is 0.259 e. The summed E-state index contributed by atoms with van der Waals surface area (Å²) in [6, 6.07) is 11.0. The standard InChI is InChI=1S/C18H21ClN4O/c1-23-10-7-14(8-11-23)21-17-16(6-3-9-20-17)18(24)22-15-5-2-4-13(19)12-15/h2-6,9,12,14H,7-8,10-11H2,1H3,(H,20,21)(H,22,24). The zero-order valence-electron chi connectivity index (χ0n) is 13.6. The molecule has 0 radical (unpaired) electrons. The van der Waals surface area contributed by atoms with E-state index in [2.05, 4.69) is 27.6 Å². The fraction of sp³-hybridized carbons (Fsp3) is 0.333. The molecule has 1 aliphatic rings. The molecule has 1 aliphatic heterocycles. The number of benzene rings is 1. The van der Waals surface area contributed by atoms with Crippen LogP contribution in [0.4, 0.5) is 11.5 Å². The van der Waals surface area contributed by atoms with E-state index in [9.17, 15) is 4.79 Å². The van der Waals surface area contributed by atoms with Crippen molar-refractivity contribution in [3.63, 3.8) is 0 Å². The highest BCUT2D eigenvalue weighted by Crippen LogP contribution is 2.20. The topological polar surface area (TPSA) is 57.3 Å². The highest BCUT2D eigenvalue weighted by atomic mass is 35.5. The fourth-order valence-electron chi connectivity index (χ4n) is 2.81. The summed E-state index contributed by atoms with van der Waals surface area (Å²) in [5.41, 5.74) is 1.21. The lowest BCUT2D eigenvalue weighted by molar-refractivity contribution is 0.102. The van der Waals surface area contributed by atoms with Gasteiger partial charge in [-0.3, -0.25) is 4.79 Å². The van der Waals surface area contributed by atoms with Crippen molar-refractivity contribution in [1.29, 1.82) is 0 Å². The Morgan fingerprint density at radius 2 is 2.04 bits per heavy atom. The zero-order valence-corrected chi connectivity index (χ0v) is 14.4. The molecule has 5 nitrogen and oxygen atoms in total. The summed E-state index contributed by atoms with van der Waals surface area (Å²) in [6.45, 7) is 2.10. The molecule has 2 N–H and O–H groups in total. The highest BCUT2D eigenvalue weighted by Gasteiger charge is 2.19. The molecule has 2 heterocycles. The van der Waals surface area contributed by atoms with Crippen molar-refractivity contribution in [2.75, 3.05) is 30.8 Å². The lowest BCUT2D eigenvalue weighted by Crippen LogP contribution is -2.37. The maximum Gasteiger partial charge on any atom is 0.259 e. The number of anilines is 2. The van der Waals surface area contributed by atoms with Gasteiger partial charge in [-0.25, -0.2) is 4.98 Å². The van der Waals surface area contributed by atoms with Gasteiger partial charge in [-0.2, -0.15) is 0 Å². The monoisotopic (exact) mass is 344 g/mol. The summed E-state index contributed by atoms with van der Waals surface area (Å²) in [5.74, 6) is 0.437. The molecule has 0 saturated carbocycles. The van der Waals surface area contributed by atoms with Crippen LogP contribution < -0.4 is 10.6 Å². The molecule has 1 amide bonds. The number of pyridine rings is 1. The van der Waals surface area contributed by atoms with Crippen LogP contribution in [-0.2, 0) is 0 Å². The van der Waals surface area contributed by atoms with Gasteiger partial charge in [-0.15, -0.1) is 0 Å². The fourth-order valence-corrected chi connectivity index (χ4v) is 3.00. The van der Waals surface area contributed by atoms with E-state index in [1.807, 2.05) is 6.07 Å². The maximum absolute atomic E-state index is 12.6. The van der Waals surface area contributed by atoms with Gasteiger partial charge in [0.05, 0.1) is 5.56 Å². The van der Waals surface area contributed by atoms with Gasteiger partial charge in [-0.1, -0.05) is 17.7 Å². The van der Waals surface area contributed by atoms with E-state index in [1.54, 1.807) is 36.5 Å². The summed E-state index contributed by atoms with van der Waals surface area (Å²) in [6.07, 6.45) is 3.79. The van der Waals surface area contributed by atoms with Gasteiger partial charge in [0.25, 0.3) is 5.91 Å². The Kier molecular flexibility index (Phi) is 5.33. The van der Waals surface area contributed by atoms with Crippen LogP contribution in [0.3, 0.4) is 0 Å². The van der Waals surface area contributed by atoms with E-state index in [4.69, 9.17) is 11.6 Å². The largest absolute Gasteiger partial charge is 0.367 e. The third-order valence-corrected chi connectivity index (χ3v) is 4.43. The summed E-state index contributed by atoms with van der Waals surface area (Å²) < 4.78 is 0. The molecule has 0 spiro atoms. The van der Waals surface area contributed by atoms with E-state index < -0.39 is 0 Å². The second-order valence-electron chi connectivity index (χ2n) is 6.09. The van der Waals surface area contributed by atoms with Gasteiger partial charge >= 0.3 is 0 Å². The van der Waals surface area contributed by atoms with Gasteiger partial charge in [-0.05, 0) is 63.3 Å². The molecule has 126 valence electrons. The van der Waals surface area contributed by atoms with Crippen LogP contribution in [0.1, 0.15) is 23.2 Å². The maximum atomic E-state index is 12.6. The van der Waals surface area contributed by atoms with E-state index in [0.29, 0.717) is 28.1 Å². The first-order chi connectivity index (χ1) is 11.6.